The van der Waals surface area contributed by atoms with Crippen molar-refractivity contribution in [1.82, 2.24) is 0 Å². The average Bonchev–Trinajstić information content (AvgIpc) is 2.46. The number of fused-ring (bicyclic) bond motifs is 1. The fourth-order valence-corrected chi connectivity index (χ4v) is 2.36. The number of methoxy groups -OCH3 is 1. The van der Waals surface area contributed by atoms with Gasteiger partial charge in [-0.05, 0) is 48.4 Å². The zero-order valence-corrected chi connectivity index (χ0v) is 12.9. The number of carbonyl (C=O) groups is 1. The molecule has 114 valence electrons. The Morgan fingerprint density at radius 1 is 1.24 bits per heavy atom. The Kier molecular flexibility index (Phi) is 5.58. The molecule has 2 aromatic rings. The van der Waals surface area contributed by atoms with Gasteiger partial charge in [0.1, 0.15) is 5.75 Å². The molecule has 0 radical (unpaired) electrons. The summed E-state index contributed by atoms with van der Waals surface area (Å²) in [4.78, 5) is 11.6. The van der Waals surface area contributed by atoms with E-state index in [0.717, 1.165) is 22.1 Å². The van der Waals surface area contributed by atoms with Crippen LogP contribution in [0.3, 0.4) is 0 Å². The zero-order chi connectivity index (χ0) is 14.8. The van der Waals surface area contributed by atoms with Crippen molar-refractivity contribution in [2.24, 2.45) is 5.73 Å². The average molecular weight is 310 g/mol. The highest BCUT2D eigenvalue weighted by molar-refractivity contribution is 5.88. The first kappa shape index (κ1) is 17.3. The predicted molar refractivity (Wildman–Crippen MR) is 86.4 cm³/mol. The minimum absolute atomic E-state index is 0. The lowest BCUT2D eigenvalue weighted by atomic mass is 9.79. The van der Waals surface area contributed by atoms with Crippen molar-refractivity contribution in [3.63, 3.8) is 0 Å². The number of benzene rings is 2. The number of ether oxygens (including phenoxy) is 1. The molecule has 21 heavy (non-hydrogen) atoms. The highest BCUT2D eigenvalue weighted by Gasteiger charge is 2.34. The summed E-state index contributed by atoms with van der Waals surface area (Å²) < 4.78 is 5.19. The molecule has 3 N–H and O–H groups in total. The van der Waals surface area contributed by atoms with Crippen LogP contribution in [0.2, 0.25) is 0 Å². The van der Waals surface area contributed by atoms with Gasteiger partial charge in [0, 0.05) is 0 Å². The first-order chi connectivity index (χ1) is 9.51. The molecule has 0 aliphatic carbocycles. The summed E-state index contributed by atoms with van der Waals surface area (Å²) in [5, 5.41) is 11.5. The van der Waals surface area contributed by atoms with E-state index in [9.17, 15) is 9.90 Å². The molecule has 0 aromatic heterocycles. The summed E-state index contributed by atoms with van der Waals surface area (Å²) in [7, 11) is 1.62. The van der Waals surface area contributed by atoms with Crippen molar-refractivity contribution in [2.45, 2.75) is 18.8 Å². The first-order valence-corrected chi connectivity index (χ1v) is 6.53. The van der Waals surface area contributed by atoms with Crippen LogP contribution in [0.15, 0.2) is 36.4 Å². The molecule has 2 aromatic carbocycles. The summed E-state index contributed by atoms with van der Waals surface area (Å²) in [6, 6.07) is 11.4. The first-order valence-electron chi connectivity index (χ1n) is 6.53. The largest absolute Gasteiger partial charge is 0.497 e. The fraction of sp³-hybridized carbons (Fsp3) is 0.312. The van der Waals surface area contributed by atoms with Crippen LogP contribution in [0.1, 0.15) is 18.9 Å². The maximum Gasteiger partial charge on any atom is 0.313 e. The van der Waals surface area contributed by atoms with Crippen LogP contribution < -0.4 is 10.5 Å². The number of rotatable bonds is 5. The second-order valence-corrected chi connectivity index (χ2v) is 5.10. The van der Waals surface area contributed by atoms with Crippen LogP contribution in [0.25, 0.3) is 10.8 Å². The van der Waals surface area contributed by atoms with Gasteiger partial charge in [-0.3, -0.25) is 4.79 Å². The van der Waals surface area contributed by atoms with Gasteiger partial charge in [-0.15, -0.1) is 12.4 Å². The van der Waals surface area contributed by atoms with Crippen LogP contribution in [0, 0.1) is 0 Å². The molecular formula is C16H20ClNO3. The van der Waals surface area contributed by atoms with E-state index in [4.69, 9.17) is 10.5 Å². The number of hydrogen-bond donors (Lipinski definition) is 2. The minimum atomic E-state index is -0.955. The molecule has 0 aliphatic heterocycles. The molecule has 0 spiro atoms. The van der Waals surface area contributed by atoms with Gasteiger partial charge in [-0.2, -0.15) is 0 Å². The standard InChI is InChI=1S/C16H19NO3.ClH/c1-16(7-8-17,15(18)19)13-5-3-12-10-14(20-2)6-4-11(12)9-13;/h3-6,9-10H,7-8,17H2,1-2H3,(H,18,19);1H/t16-;/m0./s1. The third-order valence-electron chi connectivity index (χ3n) is 3.80. The van der Waals surface area contributed by atoms with Gasteiger partial charge >= 0.3 is 5.97 Å². The van der Waals surface area contributed by atoms with Gasteiger partial charge in [-0.25, -0.2) is 0 Å². The van der Waals surface area contributed by atoms with Crippen molar-refractivity contribution in [3.8, 4) is 5.75 Å². The van der Waals surface area contributed by atoms with Crippen molar-refractivity contribution in [2.75, 3.05) is 13.7 Å². The van der Waals surface area contributed by atoms with E-state index >= 15 is 0 Å². The number of nitrogens with two attached hydrogens (primary N) is 1. The summed E-state index contributed by atoms with van der Waals surface area (Å²) in [5.74, 6) is -0.0657. The van der Waals surface area contributed by atoms with Crippen LogP contribution in [0.4, 0.5) is 0 Å². The third kappa shape index (κ3) is 3.28. The van der Waals surface area contributed by atoms with Gasteiger partial charge in [0.15, 0.2) is 0 Å². The number of carboxylic acid groups (broad SMARTS) is 1. The topological polar surface area (TPSA) is 72.5 Å². The minimum Gasteiger partial charge on any atom is -0.497 e. The zero-order valence-electron chi connectivity index (χ0n) is 12.1. The molecule has 0 aliphatic rings. The van der Waals surface area contributed by atoms with Crippen molar-refractivity contribution in [3.05, 3.63) is 42.0 Å². The highest BCUT2D eigenvalue weighted by atomic mass is 35.5. The number of halogens is 1. The Bertz CT molecular complexity index is 644. The molecule has 0 heterocycles. The second-order valence-electron chi connectivity index (χ2n) is 5.10. The molecule has 0 saturated heterocycles. The molecule has 0 fully saturated rings. The third-order valence-corrected chi connectivity index (χ3v) is 3.80. The lowest BCUT2D eigenvalue weighted by Crippen LogP contribution is -2.34. The summed E-state index contributed by atoms with van der Waals surface area (Å²) in [6.45, 7) is 2.05. The number of carboxylic acids is 1. The molecule has 2 rings (SSSR count). The number of hydrogen-bond acceptors (Lipinski definition) is 3. The fourth-order valence-electron chi connectivity index (χ4n) is 2.36. The van der Waals surface area contributed by atoms with Gasteiger partial charge in [0.05, 0.1) is 12.5 Å². The van der Waals surface area contributed by atoms with Gasteiger partial charge < -0.3 is 15.6 Å². The van der Waals surface area contributed by atoms with Crippen molar-refractivity contribution in [1.29, 1.82) is 0 Å². The molecule has 0 unspecified atom stereocenters. The molecule has 5 heteroatoms. The summed E-state index contributed by atoms with van der Waals surface area (Å²) in [5.41, 5.74) is 5.38. The quantitative estimate of drug-likeness (QED) is 0.890. The van der Waals surface area contributed by atoms with Crippen LogP contribution in [0.5, 0.6) is 5.75 Å². The Morgan fingerprint density at radius 3 is 2.43 bits per heavy atom. The molecule has 4 nitrogen and oxygen atoms in total. The van der Waals surface area contributed by atoms with Crippen LogP contribution >= 0.6 is 12.4 Å². The van der Waals surface area contributed by atoms with E-state index in [-0.39, 0.29) is 12.4 Å². The smallest absolute Gasteiger partial charge is 0.313 e. The molecule has 0 saturated carbocycles. The van der Waals surface area contributed by atoms with Gasteiger partial charge in [0.2, 0.25) is 0 Å². The summed E-state index contributed by atoms with van der Waals surface area (Å²) in [6.07, 6.45) is 0.407. The van der Waals surface area contributed by atoms with Gasteiger partial charge in [-0.1, -0.05) is 24.3 Å². The Balaban J connectivity index is 0.00000220. The van der Waals surface area contributed by atoms with Gasteiger partial charge in [0.25, 0.3) is 0 Å². The van der Waals surface area contributed by atoms with E-state index in [1.807, 2.05) is 36.4 Å². The highest BCUT2D eigenvalue weighted by Crippen LogP contribution is 2.31. The van der Waals surface area contributed by atoms with E-state index in [0.29, 0.717) is 13.0 Å². The van der Waals surface area contributed by atoms with Crippen LogP contribution in [-0.2, 0) is 10.2 Å². The van der Waals surface area contributed by atoms with Crippen molar-refractivity contribution >= 4 is 29.1 Å². The number of aliphatic carboxylic acids is 1. The normalized spacial score (nSPS) is 13.3. The predicted octanol–water partition coefficient (Wildman–Crippen LogP) is 2.96. The Labute approximate surface area is 130 Å². The maximum atomic E-state index is 11.6. The SMILES string of the molecule is COc1ccc2cc([C@](C)(CCN)C(=O)O)ccc2c1.Cl. The Morgan fingerprint density at radius 2 is 1.86 bits per heavy atom. The molecule has 0 amide bonds. The van der Waals surface area contributed by atoms with E-state index in [1.165, 1.54) is 0 Å². The lowest BCUT2D eigenvalue weighted by molar-refractivity contribution is -0.143. The van der Waals surface area contributed by atoms with E-state index in [1.54, 1.807) is 14.0 Å². The second kappa shape index (κ2) is 6.78. The maximum absolute atomic E-state index is 11.6. The molecule has 0 bridgehead atoms. The summed E-state index contributed by atoms with van der Waals surface area (Å²) >= 11 is 0. The van der Waals surface area contributed by atoms with Crippen LogP contribution in [-0.4, -0.2) is 24.7 Å². The van der Waals surface area contributed by atoms with E-state index < -0.39 is 11.4 Å². The van der Waals surface area contributed by atoms with Crippen molar-refractivity contribution < 1.29 is 14.6 Å². The van der Waals surface area contributed by atoms with E-state index in [2.05, 4.69) is 0 Å². The monoisotopic (exact) mass is 309 g/mol. The lowest BCUT2D eigenvalue weighted by Gasteiger charge is -2.25. The molecule has 1 atom stereocenters. The Hall–Kier alpha value is -1.78. The molecular weight excluding hydrogens is 290 g/mol.